The summed E-state index contributed by atoms with van der Waals surface area (Å²) in [5.41, 5.74) is 3.17. The molecule has 0 radical (unpaired) electrons. The van der Waals surface area contributed by atoms with E-state index in [-0.39, 0.29) is 6.10 Å². The number of methoxy groups -OCH3 is 1. The first-order valence-electron chi connectivity index (χ1n) is 10.6. The molecule has 2 aliphatic rings. The summed E-state index contributed by atoms with van der Waals surface area (Å²) in [5.74, 6) is 1.85. The van der Waals surface area contributed by atoms with E-state index in [4.69, 9.17) is 23.7 Å². The summed E-state index contributed by atoms with van der Waals surface area (Å²) in [6, 6.07) is 11.0. The number of carbonyl (C=O) groups is 1. The van der Waals surface area contributed by atoms with E-state index >= 15 is 0 Å². The topological polar surface area (TPSA) is 92.2 Å². The monoisotopic (exact) mass is 449 g/mol. The van der Waals surface area contributed by atoms with Gasteiger partial charge in [0.1, 0.15) is 19.3 Å². The fraction of sp³-hybridized carbons (Fsp3) is 0.292. The Morgan fingerprint density at radius 3 is 2.91 bits per heavy atom. The lowest BCUT2D eigenvalue weighted by Gasteiger charge is -2.20. The van der Waals surface area contributed by atoms with Gasteiger partial charge in [0.2, 0.25) is 5.88 Å². The van der Waals surface area contributed by atoms with Gasteiger partial charge in [0, 0.05) is 23.9 Å². The Morgan fingerprint density at radius 1 is 1.15 bits per heavy atom. The molecule has 1 saturated heterocycles. The summed E-state index contributed by atoms with van der Waals surface area (Å²) in [4.78, 5) is 22.7. The Bertz CT molecular complexity index is 1200. The lowest BCUT2D eigenvalue weighted by atomic mass is 10.2. The molecule has 5 rings (SSSR count). The van der Waals surface area contributed by atoms with Gasteiger partial charge in [-0.05, 0) is 24.3 Å². The molecule has 0 saturated carbocycles. The Morgan fingerprint density at radius 2 is 2.03 bits per heavy atom. The molecule has 1 aromatic carbocycles. The van der Waals surface area contributed by atoms with Crippen molar-refractivity contribution in [2.45, 2.75) is 6.10 Å². The zero-order valence-corrected chi connectivity index (χ0v) is 18.1. The van der Waals surface area contributed by atoms with Crippen LogP contribution in [0, 0.1) is 0 Å². The van der Waals surface area contributed by atoms with E-state index in [0.29, 0.717) is 56.0 Å². The van der Waals surface area contributed by atoms with Crippen molar-refractivity contribution in [3.8, 4) is 17.4 Å². The molecule has 9 nitrogen and oxygen atoms in total. The first-order valence-corrected chi connectivity index (χ1v) is 10.6. The number of fused-ring (bicyclic) bond motifs is 2. The van der Waals surface area contributed by atoms with Gasteiger partial charge in [-0.3, -0.25) is 9.88 Å². The van der Waals surface area contributed by atoms with E-state index in [9.17, 15) is 4.79 Å². The number of benzene rings is 1. The number of ether oxygens (including phenoxy) is 5. The molecular formula is C24H23N3O6. The van der Waals surface area contributed by atoms with Crippen LogP contribution in [0.5, 0.6) is 17.4 Å². The van der Waals surface area contributed by atoms with Gasteiger partial charge in [0.25, 0.3) is 0 Å². The second-order valence-corrected chi connectivity index (χ2v) is 7.51. The third-order valence-corrected chi connectivity index (χ3v) is 5.33. The highest BCUT2D eigenvalue weighted by Crippen LogP contribution is 2.35. The molecule has 3 aromatic rings. The van der Waals surface area contributed by atoms with Crippen LogP contribution in [0.2, 0.25) is 0 Å². The summed E-state index contributed by atoms with van der Waals surface area (Å²) in [7, 11) is 1.58. The van der Waals surface area contributed by atoms with E-state index in [2.05, 4.69) is 9.97 Å². The van der Waals surface area contributed by atoms with Crippen molar-refractivity contribution in [1.82, 2.24) is 9.97 Å². The first kappa shape index (κ1) is 21.0. The molecule has 0 unspecified atom stereocenters. The number of hydrogen-bond acceptors (Lipinski definition) is 8. The van der Waals surface area contributed by atoms with E-state index in [1.54, 1.807) is 36.4 Å². The van der Waals surface area contributed by atoms with Crippen molar-refractivity contribution in [2.75, 3.05) is 45.0 Å². The van der Waals surface area contributed by atoms with E-state index in [1.807, 2.05) is 30.4 Å². The number of aromatic nitrogens is 2. The van der Waals surface area contributed by atoms with Crippen molar-refractivity contribution in [3.05, 3.63) is 54.2 Å². The summed E-state index contributed by atoms with van der Waals surface area (Å²) in [5, 5.41) is 0. The third-order valence-electron chi connectivity index (χ3n) is 5.33. The fourth-order valence-electron chi connectivity index (χ4n) is 3.74. The van der Waals surface area contributed by atoms with Crippen LogP contribution >= 0.6 is 0 Å². The van der Waals surface area contributed by atoms with Crippen molar-refractivity contribution in [2.24, 2.45) is 0 Å². The Balaban J connectivity index is 1.16. The predicted molar refractivity (Wildman–Crippen MR) is 121 cm³/mol. The van der Waals surface area contributed by atoms with E-state index in [0.717, 1.165) is 16.6 Å². The highest BCUT2D eigenvalue weighted by Gasteiger charge is 2.33. The maximum atomic E-state index is 12.3. The lowest BCUT2D eigenvalue weighted by molar-refractivity contribution is 0.0580. The fourth-order valence-corrected chi connectivity index (χ4v) is 3.74. The summed E-state index contributed by atoms with van der Waals surface area (Å²) in [6.45, 7) is 2.07. The Labute approximate surface area is 190 Å². The van der Waals surface area contributed by atoms with Crippen molar-refractivity contribution >= 4 is 28.9 Å². The number of cyclic esters (lactones) is 1. The molecule has 170 valence electrons. The number of pyridine rings is 2. The van der Waals surface area contributed by atoms with Crippen LogP contribution in [-0.4, -0.2) is 62.2 Å². The molecule has 0 N–H and O–H groups in total. The van der Waals surface area contributed by atoms with E-state index < -0.39 is 6.09 Å². The van der Waals surface area contributed by atoms with Crippen LogP contribution in [0.3, 0.4) is 0 Å². The summed E-state index contributed by atoms with van der Waals surface area (Å²) in [6.07, 6.45) is 4.80. The molecule has 33 heavy (non-hydrogen) atoms. The smallest absolute Gasteiger partial charge is 0.414 e. The second-order valence-electron chi connectivity index (χ2n) is 7.51. The molecule has 0 aliphatic carbocycles. The maximum absolute atomic E-state index is 12.3. The van der Waals surface area contributed by atoms with Crippen LogP contribution < -0.4 is 19.1 Å². The quantitative estimate of drug-likeness (QED) is 0.507. The minimum absolute atomic E-state index is 0.292. The molecule has 2 aliphatic heterocycles. The van der Waals surface area contributed by atoms with Crippen LogP contribution in [0.4, 0.5) is 10.5 Å². The van der Waals surface area contributed by atoms with Crippen LogP contribution in [-0.2, 0) is 9.47 Å². The molecule has 0 bridgehead atoms. The summed E-state index contributed by atoms with van der Waals surface area (Å²) >= 11 is 0. The molecule has 1 amide bonds. The van der Waals surface area contributed by atoms with Crippen LogP contribution in [0.1, 0.15) is 5.56 Å². The molecule has 4 heterocycles. The SMILES string of the molecule is COc1ccc2nccc(/C=C/COC[C@@H]3CN(c4ccc5c(c4)OCCO5)C(=O)O3)c2n1. The summed E-state index contributed by atoms with van der Waals surface area (Å²) < 4.78 is 27.5. The average molecular weight is 449 g/mol. The zero-order valence-electron chi connectivity index (χ0n) is 18.1. The van der Waals surface area contributed by atoms with Gasteiger partial charge in [-0.25, -0.2) is 9.78 Å². The van der Waals surface area contributed by atoms with Gasteiger partial charge in [0.05, 0.1) is 43.6 Å². The van der Waals surface area contributed by atoms with Crippen LogP contribution in [0.25, 0.3) is 17.1 Å². The molecule has 0 spiro atoms. The van der Waals surface area contributed by atoms with Gasteiger partial charge < -0.3 is 23.7 Å². The number of hydrogen-bond donors (Lipinski definition) is 0. The second kappa shape index (κ2) is 9.33. The largest absolute Gasteiger partial charge is 0.486 e. The van der Waals surface area contributed by atoms with Crippen molar-refractivity contribution in [1.29, 1.82) is 0 Å². The first-order chi connectivity index (χ1) is 16.2. The predicted octanol–water partition coefficient (Wildman–Crippen LogP) is 3.46. The molecule has 2 aromatic heterocycles. The van der Waals surface area contributed by atoms with Crippen LogP contribution in [0.15, 0.2) is 48.7 Å². The highest BCUT2D eigenvalue weighted by atomic mass is 16.6. The number of nitrogens with zero attached hydrogens (tertiary/aromatic N) is 3. The Hall–Kier alpha value is -3.85. The highest BCUT2D eigenvalue weighted by molar-refractivity contribution is 5.90. The third kappa shape index (κ3) is 4.54. The van der Waals surface area contributed by atoms with Gasteiger partial charge in [-0.15, -0.1) is 0 Å². The van der Waals surface area contributed by atoms with Gasteiger partial charge in [-0.2, -0.15) is 0 Å². The van der Waals surface area contributed by atoms with E-state index in [1.165, 1.54) is 0 Å². The molecule has 9 heteroatoms. The minimum Gasteiger partial charge on any atom is -0.486 e. The Kier molecular flexibility index (Phi) is 5.95. The van der Waals surface area contributed by atoms with Crippen molar-refractivity contribution in [3.63, 3.8) is 0 Å². The van der Waals surface area contributed by atoms with Gasteiger partial charge in [-0.1, -0.05) is 12.2 Å². The maximum Gasteiger partial charge on any atom is 0.414 e. The van der Waals surface area contributed by atoms with Crippen molar-refractivity contribution < 1.29 is 28.5 Å². The average Bonchev–Trinajstić information content (AvgIpc) is 3.23. The van der Waals surface area contributed by atoms with Gasteiger partial charge >= 0.3 is 6.09 Å². The van der Waals surface area contributed by atoms with Gasteiger partial charge in [0.15, 0.2) is 11.5 Å². The lowest BCUT2D eigenvalue weighted by Crippen LogP contribution is -2.26. The number of amides is 1. The molecule has 1 atom stereocenters. The number of anilines is 1. The molecule has 1 fully saturated rings. The zero-order chi connectivity index (χ0) is 22.6. The minimum atomic E-state index is -0.404. The normalized spacial score (nSPS) is 17.5. The number of rotatable bonds is 7. The number of carbonyl (C=O) groups excluding carboxylic acids is 1. The molecular weight excluding hydrogens is 426 g/mol. The standard InChI is InChI=1S/C24H23N3O6/c1-29-22-7-5-19-23(26-22)16(8-9-25-19)3-2-10-30-15-18-14-27(24(28)33-18)17-4-6-20-21(13-17)32-12-11-31-20/h2-9,13,18H,10-12,14-15H2,1H3/b3-2+/t18-/m0/s1.